The van der Waals surface area contributed by atoms with Crippen molar-refractivity contribution >= 4 is 17.6 Å². The third-order valence-corrected chi connectivity index (χ3v) is 7.31. The van der Waals surface area contributed by atoms with Crippen LogP contribution < -0.4 is 10.2 Å². The highest BCUT2D eigenvalue weighted by Gasteiger charge is 2.39. The first-order chi connectivity index (χ1) is 14.9. The fourth-order valence-corrected chi connectivity index (χ4v) is 5.69. The predicted molar refractivity (Wildman–Crippen MR) is 122 cm³/mol. The smallest absolute Gasteiger partial charge is 0.322 e. The molecule has 2 atom stereocenters. The van der Waals surface area contributed by atoms with Crippen molar-refractivity contribution < 1.29 is 9.59 Å². The van der Waals surface area contributed by atoms with Crippen LogP contribution in [0.15, 0.2) is 48.5 Å². The highest BCUT2D eigenvalue weighted by atomic mass is 16.2. The van der Waals surface area contributed by atoms with Gasteiger partial charge in [0.25, 0.3) is 0 Å². The number of fused-ring (bicyclic) bond motifs is 2. The lowest BCUT2D eigenvalue weighted by Gasteiger charge is -2.24. The summed E-state index contributed by atoms with van der Waals surface area (Å²) in [6, 6.07) is 16.7. The highest BCUT2D eigenvalue weighted by Crippen LogP contribution is 2.45. The Bertz CT molecular complexity index is 1020. The van der Waals surface area contributed by atoms with Crippen molar-refractivity contribution in [2.24, 2.45) is 0 Å². The van der Waals surface area contributed by atoms with Crippen molar-refractivity contribution in [3.8, 4) is 0 Å². The monoisotopic (exact) mass is 417 g/mol. The third-order valence-electron chi connectivity index (χ3n) is 7.31. The zero-order valence-corrected chi connectivity index (χ0v) is 18.4. The summed E-state index contributed by atoms with van der Waals surface area (Å²) in [7, 11) is 0. The summed E-state index contributed by atoms with van der Waals surface area (Å²) < 4.78 is 0. The average molecular weight is 418 g/mol. The number of carbonyl (C=O) groups excluding carboxylic acids is 2. The maximum Gasteiger partial charge on any atom is 0.322 e. The molecular formula is C26H31N3O2. The lowest BCUT2D eigenvalue weighted by atomic mass is 9.86. The zero-order valence-electron chi connectivity index (χ0n) is 18.4. The minimum Gasteiger partial charge on any atom is -0.343 e. The second kappa shape index (κ2) is 7.70. The molecule has 5 rings (SSSR count). The highest BCUT2D eigenvalue weighted by molar-refractivity contribution is 5.95. The van der Waals surface area contributed by atoms with Crippen LogP contribution in [0.3, 0.4) is 0 Å². The van der Waals surface area contributed by atoms with Gasteiger partial charge in [-0.1, -0.05) is 56.3 Å². The number of carbonyl (C=O) groups is 2. The maximum atomic E-state index is 13.4. The molecule has 162 valence electrons. The van der Waals surface area contributed by atoms with Gasteiger partial charge >= 0.3 is 6.03 Å². The first-order valence-corrected chi connectivity index (χ1v) is 11.5. The van der Waals surface area contributed by atoms with Crippen molar-refractivity contribution in [2.75, 3.05) is 24.5 Å². The molecule has 0 radical (unpaired) electrons. The Morgan fingerprint density at radius 2 is 1.84 bits per heavy atom. The number of rotatable bonds is 4. The molecule has 5 heteroatoms. The SMILES string of the molecule is CC1(C)CC(NC(=O)N2CC(CCN3CCCC3=O)c3ccccc32)c2ccccc21. The van der Waals surface area contributed by atoms with Crippen molar-refractivity contribution in [1.82, 2.24) is 10.2 Å². The van der Waals surface area contributed by atoms with Gasteiger partial charge in [-0.05, 0) is 47.4 Å². The van der Waals surface area contributed by atoms with E-state index in [2.05, 4.69) is 49.5 Å². The van der Waals surface area contributed by atoms with Gasteiger partial charge in [-0.15, -0.1) is 0 Å². The molecule has 1 fully saturated rings. The molecule has 1 N–H and O–H groups in total. The zero-order chi connectivity index (χ0) is 21.6. The summed E-state index contributed by atoms with van der Waals surface area (Å²) in [4.78, 5) is 29.3. The van der Waals surface area contributed by atoms with Gasteiger partial charge in [0.15, 0.2) is 0 Å². The van der Waals surface area contributed by atoms with E-state index in [9.17, 15) is 9.59 Å². The number of hydrogen-bond donors (Lipinski definition) is 1. The number of urea groups is 1. The molecule has 3 aliphatic rings. The molecule has 0 saturated carbocycles. The van der Waals surface area contributed by atoms with E-state index >= 15 is 0 Å². The molecule has 2 heterocycles. The molecule has 1 saturated heterocycles. The van der Waals surface area contributed by atoms with Crippen molar-refractivity contribution in [1.29, 1.82) is 0 Å². The van der Waals surface area contributed by atoms with Crippen molar-refractivity contribution in [3.05, 3.63) is 65.2 Å². The maximum absolute atomic E-state index is 13.4. The first kappa shape index (κ1) is 20.1. The van der Waals surface area contributed by atoms with Gasteiger partial charge in [0.05, 0.1) is 6.04 Å². The van der Waals surface area contributed by atoms with Crippen LogP contribution in [0.2, 0.25) is 0 Å². The van der Waals surface area contributed by atoms with E-state index in [4.69, 9.17) is 0 Å². The fraction of sp³-hybridized carbons (Fsp3) is 0.462. The summed E-state index contributed by atoms with van der Waals surface area (Å²) in [6.07, 6.45) is 3.45. The number of hydrogen-bond acceptors (Lipinski definition) is 2. The van der Waals surface area contributed by atoms with E-state index in [1.807, 2.05) is 28.0 Å². The Morgan fingerprint density at radius 1 is 1.10 bits per heavy atom. The molecule has 2 unspecified atom stereocenters. The number of benzene rings is 2. The lowest BCUT2D eigenvalue weighted by molar-refractivity contribution is -0.127. The van der Waals surface area contributed by atoms with Crippen LogP contribution >= 0.6 is 0 Å². The fourth-order valence-electron chi connectivity index (χ4n) is 5.69. The molecule has 2 aliphatic heterocycles. The van der Waals surface area contributed by atoms with Crippen LogP contribution in [0.5, 0.6) is 0 Å². The van der Waals surface area contributed by atoms with Crippen LogP contribution in [0.25, 0.3) is 0 Å². The van der Waals surface area contributed by atoms with Gasteiger partial charge < -0.3 is 10.2 Å². The van der Waals surface area contributed by atoms with Crippen molar-refractivity contribution in [3.63, 3.8) is 0 Å². The number of nitrogens with one attached hydrogen (secondary N) is 1. The quantitative estimate of drug-likeness (QED) is 0.782. The van der Waals surface area contributed by atoms with Gasteiger partial charge in [-0.3, -0.25) is 9.69 Å². The largest absolute Gasteiger partial charge is 0.343 e. The number of amides is 3. The summed E-state index contributed by atoms with van der Waals surface area (Å²) in [6.45, 7) is 6.81. The second-order valence-electron chi connectivity index (χ2n) is 9.82. The number of anilines is 1. The van der Waals surface area contributed by atoms with E-state index < -0.39 is 0 Å². The molecule has 5 nitrogen and oxygen atoms in total. The topological polar surface area (TPSA) is 52.7 Å². The number of likely N-dealkylation sites (tertiary alicyclic amines) is 1. The Kier molecular flexibility index (Phi) is 4.99. The third kappa shape index (κ3) is 3.60. The minimum absolute atomic E-state index is 0.0234. The molecule has 0 aromatic heterocycles. The summed E-state index contributed by atoms with van der Waals surface area (Å²) in [5, 5.41) is 3.32. The van der Waals surface area contributed by atoms with Crippen LogP contribution in [-0.2, 0) is 10.2 Å². The molecule has 1 aliphatic carbocycles. The predicted octanol–water partition coefficient (Wildman–Crippen LogP) is 4.73. The molecule has 2 aromatic rings. The Balaban J connectivity index is 1.31. The van der Waals surface area contributed by atoms with Gasteiger partial charge in [0, 0.05) is 37.7 Å². The van der Waals surface area contributed by atoms with E-state index in [-0.39, 0.29) is 29.3 Å². The molecule has 31 heavy (non-hydrogen) atoms. The van der Waals surface area contributed by atoms with Gasteiger partial charge in [0.1, 0.15) is 0 Å². The average Bonchev–Trinajstić information content (AvgIpc) is 3.41. The van der Waals surface area contributed by atoms with E-state index in [1.54, 1.807) is 0 Å². The van der Waals surface area contributed by atoms with Gasteiger partial charge in [-0.25, -0.2) is 4.79 Å². The number of nitrogens with zero attached hydrogens (tertiary/aromatic N) is 2. The summed E-state index contributed by atoms with van der Waals surface area (Å²) >= 11 is 0. The number of para-hydroxylation sites is 1. The van der Waals surface area contributed by atoms with E-state index in [0.29, 0.717) is 13.0 Å². The van der Waals surface area contributed by atoms with Crippen molar-refractivity contribution in [2.45, 2.75) is 56.9 Å². The van der Waals surface area contributed by atoms with Crippen LogP contribution in [-0.4, -0.2) is 36.5 Å². The summed E-state index contributed by atoms with van der Waals surface area (Å²) in [5.74, 6) is 0.533. The van der Waals surface area contributed by atoms with Crippen LogP contribution in [0.4, 0.5) is 10.5 Å². The molecule has 2 aromatic carbocycles. The van der Waals surface area contributed by atoms with E-state index in [0.717, 1.165) is 38.0 Å². The molecule has 3 amide bonds. The first-order valence-electron chi connectivity index (χ1n) is 11.5. The minimum atomic E-state index is -0.0234. The Morgan fingerprint density at radius 3 is 2.61 bits per heavy atom. The molecular weight excluding hydrogens is 386 g/mol. The van der Waals surface area contributed by atoms with Gasteiger partial charge in [-0.2, -0.15) is 0 Å². The normalized spacial score (nSPS) is 23.7. The lowest BCUT2D eigenvalue weighted by Crippen LogP contribution is -2.41. The van der Waals surface area contributed by atoms with E-state index in [1.165, 1.54) is 16.7 Å². The molecule has 0 bridgehead atoms. The molecule has 0 spiro atoms. The second-order valence-corrected chi connectivity index (χ2v) is 9.82. The van der Waals surface area contributed by atoms with Gasteiger partial charge in [0.2, 0.25) is 5.91 Å². The Labute approximate surface area is 184 Å². The standard InChI is InChI=1S/C26H31N3O2/c1-26(2)16-22(20-9-3-5-10-21(20)26)27-25(31)29-17-18(19-8-4-6-11-23(19)29)13-15-28-14-7-12-24(28)30/h3-6,8-11,18,22H,7,12-17H2,1-2H3,(H,27,31). The van der Waals surface area contributed by atoms with Crippen LogP contribution in [0, 0.1) is 0 Å². The van der Waals surface area contributed by atoms with Crippen LogP contribution in [0.1, 0.15) is 68.2 Å². The Hall–Kier alpha value is -2.82. The summed E-state index contributed by atoms with van der Waals surface area (Å²) in [5.41, 5.74) is 4.84.